The van der Waals surface area contributed by atoms with E-state index in [0.29, 0.717) is 0 Å². The Kier molecular flexibility index (Phi) is 6.74. The molecule has 0 aliphatic rings. The first-order valence-corrected chi connectivity index (χ1v) is 11.0. The molecular formula is C22H21N3O6S. The van der Waals surface area contributed by atoms with Crippen LogP contribution in [-0.4, -0.2) is 26.4 Å². The number of hydrogen-bond donors (Lipinski definition) is 2. The predicted molar refractivity (Wildman–Crippen MR) is 119 cm³/mol. The van der Waals surface area contributed by atoms with Crippen LogP contribution in [0.5, 0.6) is 5.75 Å². The van der Waals surface area contributed by atoms with Crippen LogP contribution in [0.15, 0.2) is 71.6 Å². The highest BCUT2D eigenvalue weighted by Crippen LogP contribution is 2.30. The topological polar surface area (TPSA) is 128 Å². The van der Waals surface area contributed by atoms with Gasteiger partial charge in [0.2, 0.25) is 0 Å². The number of carbonyl (C=O) groups is 1. The van der Waals surface area contributed by atoms with Crippen molar-refractivity contribution in [2.45, 2.75) is 18.4 Å². The molecule has 0 aliphatic heterocycles. The van der Waals surface area contributed by atoms with E-state index >= 15 is 0 Å². The van der Waals surface area contributed by atoms with Crippen LogP contribution in [0, 0.1) is 17.0 Å². The average molecular weight is 455 g/mol. The zero-order chi connectivity index (χ0) is 23.3. The van der Waals surface area contributed by atoms with Gasteiger partial charge in [-0.3, -0.25) is 19.6 Å². The van der Waals surface area contributed by atoms with Gasteiger partial charge >= 0.3 is 0 Å². The number of nitro benzene ring substituents is 1. The van der Waals surface area contributed by atoms with Crippen molar-refractivity contribution in [2.75, 3.05) is 11.8 Å². The molecule has 0 fully saturated rings. The monoisotopic (exact) mass is 455 g/mol. The number of nitrogens with zero attached hydrogens (tertiary/aromatic N) is 1. The quantitative estimate of drug-likeness (QED) is 0.394. The number of carbonyl (C=O) groups excluding carboxylic acids is 1. The molecule has 3 rings (SSSR count). The van der Waals surface area contributed by atoms with Gasteiger partial charge in [0.15, 0.2) is 4.90 Å². The number of nitro groups is 1. The summed E-state index contributed by atoms with van der Waals surface area (Å²) in [5.74, 6) is -0.348. The van der Waals surface area contributed by atoms with Crippen LogP contribution in [0.1, 0.15) is 21.5 Å². The van der Waals surface area contributed by atoms with Crippen LogP contribution < -0.4 is 14.8 Å². The smallest absolute Gasteiger partial charge is 0.293 e. The Bertz CT molecular complexity index is 1260. The maximum Gasteiger partial charge on any atom is 0.293 e. The molecule has 0 bridgehead atoms. The number of benzene rings is 3. The molecule has 0 saturated carbocycles. The Morgan fingerprint density at radius 1 is 1.06 bits per heavy atom. The van der Waals surface area contributed by atoms with E-state index in [1.54, 1.807) is 12.1 Å². The fourth-order valence-corrected chi connectivity index (χ4v) is 4.18. The number of nitrogens with one attached hydrogen (secondary N) is 2. The molecule has 0 unspecified atom stereocenters. The number of ether oxygens (including phenoxy) is 1. The molecule has 0 saturated heterocycles. The second kappa shape index (κ2) is 9.48. The number of sulfonamides is 1. The van der Waals surface area contributed by atoms with E-state index in [2.05, 4.69) is 10.0 Å². The number of amides is 1. The standard InChI is InChI=1S/C22H21N3O6S/c1-15-7-9-16(10-8-15)14-23-22(26)18-5-3-4-6-19(18)24-32(29,30)21-12-11-17(31-2)13-20(21)25(27)28/h3-13,24H,14H2,1-2H3,(H,23,26). The van der Waals surface area contributed by atoms with E-state index in [9.17, 15) is 23.3 Å². The summed E-state index contributed by atoms with van der Waals surface area (Å²) in [6.45, 7) is 2.21. The van der Waals surface area contributed by atoms with Gasteiger partial charge in [0.25, 0.3) is 21.6 Å². The molecule has 0 aromatic heterocycles. The number of methoxy groups -OCH3 is 1. The van der Waals surface area contributed by atoms with Crippen LogP contribution in [0.4, 0.5) is 11.4 Å². The van der Waals surface area contributed by atoms with Crippen molar-refractivity contribution in [3.05, 3.63) is 93.5 Å². The van der Waals surface area contributed by atoms with Crippen molar-refractivity contribution in [1.82, 2.24) is 5.32 Å². The first-order chi connectivity index (χ1) is 15.2. The molecule has 2 N–H and O–H groups in total. The lowest BCUT2D eigenvalue weighted by Gasteiger charge is -2.13. The summed E-state index contributed by atoms with van der Waals surface area (Å²) in [6.07, 6.45) is 0. The van der Waals surface area contributed by atoms with Gasteiger partial charge in [0, 0.05) is 6.54 Å². The summed E-state index contributed by atoms with van der Waals surface area (Å²) >= 11 is 0. The second-order valence-corrected chi connectivity index (χ2v) is 8.56. The van der Waals surface area contributed by atoms with Gasteiger partial charge in [-0.25, -0.2) is 8.42 Å². The molecule has 9 nitrogen and oxygen atoms in total. The van der Waals surface area contributed by atoms with Crippen LogP contribution in [-0.2, 0) is 16.6 Å². The SMILES string of the molecule is COc1ccc(S(=O)(=O)Nc2ccccc2C(=O)NCc2ccc(C)cc2)c([N+](=O)[O-])c1. The lowest BCUT2D eigenvalue weighted by molar-refractivity contribution is -0.387. The van der Waals surface area contributed by atoms with Gasteiger partial charge in [-0.15, -0.1) is 0 Å². The molecule has 3 aromatic rings. The van der Waals surface area contributed by atoms with Crippen molar-refractivity contribution in [3.8, 4) is 5.75 Å². The largest absolute Gasteiger partial charge is 0.497 e. The van der Waals surface area contributed by atoms with Gasteiger partial charge in [0.05, 0.1) is 29.4 Å². The van der Waals surface area contributed by atoms with E-state index in [4.69, 9.17) is 4.74 Å². The summed E-state index contributed by atoms with van der Waals surface area (Å²) in [4.78, 5) is 22.8. The van der Waals surface area contributed by atoms with Crippen LogP contribution >= 0.6 is 0 Å². The first-order valence-electron chi connectivity index (χ1n) is 9.49. The molecule has 0 heterocycles. The number of hydrogen-bond acceptors (Lipinski definition) is 6. The highest BCUT2D eigenvalue weighted by Gasteiger charge is 2.28. The van der Waals surface area contributed by atoms with Gasteiger partial charge in [-0.05, 0) is 36.8 Å². The molecule has 3 aromatic carbocycles. The lowest BCUT2D eigenvalue weighted by Crippen LogP contribution is -2.25. The summed E-state index contributed by atoms with van der Waals surface area (Å²) in [5.41, 5.74) is 1.42. The molecule has 0 spiro atoms. The Hall–Kier alpha value is -3.92. The summed E-state index contributed by atoms with van der Waals surface area (Å²) in [6, 6.07) is 17.0. The van der Waals surface area contributed by atoms with E-state index in [-0.39, 0.29) is 23.5 Å². The van der Waals surface area contributed by atoms with Gasteiger partial charge < -0.3 is 10.1 Å². The molecular weight excluding hydrogens is 434 g/mol. The average Bonchev–Trinajstić information content (AvgIpc) is 2.78. The lowest BCUT2D eigenvalue weighted by atomic mass is 10.1. The summed E-state index contributed by atoms with van der Waals surface area (Å²) in [5, 5.41) is 14.1. The maximum absolute atomic E-state index is 12.9. The van der Waals surface area contributed by atoms with E-state index in [1.165, 1.54) is 25.3 Å². The van der Waals surface area contributed by atoms with Crippen LogP contribution in [0.25, 0.3) is 0 Å². The number of anilines is 1. The predicted octanol–water partition coefficient (Wildman–Crippen LogP) is 3.64. The van der Waals surface area contributed by atoms with Gasteiger partial charge in [-0.2, -0.15) is 0 Å². The Morgan fingerprint density at radius 2 is 1.75 bits per heavy atom. The maximum atomic E-state index is 12.9. The van der Waals surface area contributed by atoms with Crippen molar-refractivity contribution >= 4 is 27.3 Å². The molecule has 0 atom stereocenters. The van der Waals surface area contributed by atoms with Crippen molar-refractivity contribution < 1.29 is 22.9 Å². The second-order valence-electron chi connectivity index (χ2n) is 6.91. The summed E-state index contributed by atoms with van der Waals surface area (Å²) in [7, 11) is -3.05. The third-order valence-corrected chi connectivity index (χ3v) is 6.05. The third kappa shape index (κ3) is 5.22. The molecule has 1 amide bonds. The Balaban J connectivity index is 1.86. The molecule has 0 radical (unpaired) electrons. The van der Waals surface area contributed by atoms with Crippen molar-refractivity contribution in [3.63, 3.8) is 0 Å². The normalized spacial score (nSPS) is 10.9. The Morgan fingerprint density at radius 3 is 2.41 bits per heavy atom. The van der Waals surface area contributed by atoms with E-state index in [1.807, 2.05) is 31.2 Å². The third-order valence-electron chi connectivity index (χ3n) is 4.64. The van der Waals surface area contributed by atoms with Crippen molar-refractivity contribution in [1.29, 1.82) is 0 Å². The van der Waals surface area contributed by atoms with Crippen LogP contribution in [0.2, 0.25) is 0 Å². The fraction of sp³-hybridized carbons (Fsp3) is 0.136. The highest BCUT2D eigenvalue weighted by molar-refractivity contribution is 7.92. The van der Waals surface area contributed by atoms with E-state index in [0.717, 1.165) is 23.3 Å². The fourth-order valence-electron chi connectivity index (χ4n) is 2.95. The van der Waals surface area contributed by atoms with Crippen molar-refractivity contribution in [2.24, 2.45) is 0 Å². The number of para-hydroxylation sites is 1. The van der Waals surface area contributed by atoms with Gasteiger partial charge in [-0.1, -0.05) is 42.0 Å². The minimum absolute atomic E-state index is 0.000905. The molecule has 32 heavy (non-hydrogen) atoms. The molecule has 10 heteroatoms. The number of rotatable bonds is 8. The minimum atomic E-state index is -4.37. The Labute approximate surface area is 185 Å². The highest BCUT2D eigenvalue weighted by atomic mass is 32.2. The zero-order valence-corrected chi connectivity index (χ0v) is 18.2. The van der Waals surface area contributed by atoms with Gasteiger partial charge in [0.1, 0.15) is 5.75 Å². The van der Waals surface area contributed by atoms with Crippen LogP contribution in [0.3, 0.4) is 0 Å². The minimum Gasteiger partial charge on any atom is -0.497 e. The molecule has 0 aliphatic carbocycles. The zero-order valence-electron chi connectivity index (χ0n) is 17.4. The molecule has 166 valence electrons. The van der Waals surface area contributed by atoms with E-state index < -0.39 is 31.4 Å². The number of aryl methyl sites for hydroxylation is 1. The first kappa shape index (κ1) is 22.8. The summed E-state index contributed by atoms with van der Waals surface area (Å²) < 4.78 is 33.1.